The number of aryl methyl sites for hydroxylation is 1. The summed E-state index contributed by atoms with van der Waals surface area (Å²) in [6.07, 6.45) is 0. The van der Waals surface area contributed by atoms with Crippen molar-refractivity contribution in [2.75, 3.05) is 6.54 Å². The molecule has 0 saturated carbocycles. The van der Waals surface area contributed by atoms with Gasteiger partial charge in [-0.15, -0.1) is 0 Å². The van der Waals surface area contributed by atoms with E-state index >= 15 is 0 Å². The largest absolute Gasteiger partial charge is 0.310 e. The first-order valence-corrected chi connectivity index (χ1v) is 6.35. The number of hydrogen-bond donors (Lipinski definition) is 1. The molecule has 0 aliphatic carbocycles. The molecule has 1 unspecified atom stereocenters. The van der Waals surface area contributed by atoms with Crippen LogP contribution in [0.3, 0.4) is 0 Å². The van der Waals surface area contributed by atoms with Gasteiger partial charge in [-0.1, -0.05) is 42.8 Å². The van der Waals surface area contributed by atoms with Crippen LogP contribution in [0.25, 0.3) is 0 Å². The Balaban J connectivity index is 3.00. The van der Waals surface area contributed by atoms with E-state index in [2.05, 4.69) is 67.1 Å². The molecule has 0 bridgehead atoms. The van der Waals surface area contributed by atoms with Gasteiger partial charge >= 0.3 is 0 Å². The molecule has 2 heteroatoms. The van der Waals surface area contributed by atoms with E-state index < -0.39 is 0 Å². The third-order valence-corrected chi connectivity index (χ3v) is 3.15. The maximum absolute atomic E-state index is 3.54. The van der Waals surface area contributed by atoms with Crippen molar-refractivity contribution >= 4 is 15.9 Å². The number of nitrogens with one attached hydrogen (secondary N) is 1. The molecule has 0 spiro atoms. The van der Waals surface area contributed by atoms with Gasteiger partial charge in [-0.3, -0.25) is 0 Å². The van der Waals surface area contributed by atoms with Crippen LogP contribution in [0.2, 0.25) is 0 Å². The van der Waals surface area contributed by atoms with Gasteiger partial charge in [0.15, 0.2) is 0 Å². The summed E-state index contributed by atoms with van der Waals surface area (Å²) >= 11 is 3.50. The molecule has 0 aliphatic rings. The van der Waals surface area contributed by atoms with E-state index in [0.29, 0.717) is 12.0 Å². The van der Waals surface area contributed by atoms with Crippen molar-refractivity contribution in [2.45, 2.75) is 33.7 Å². The minimum Gasteiger partial charge on any atom is -0.310 e. The predicted molar refractivity (Wildman–Crippen MR) is 70.1 cm³/mol. The lowest BCUT2D eigenvalue weighted by Gasteiger charge is -2.24. The lowest BCUT2D eigenvalue weighted by Crippen LogP contribution is -2.26. The van der Waals surface area contributed by atoms with E-state index in [0.717, 1.165) is 11.0 Å². The van der Waals surface area contributed by atoms with Crippen LogP contribution in [0.1, 0.15) is 37.9 Å². The topological polar surface area (TPSA) is 12.0 Å². The molecule has 84 valence electrons. The first-order valence-electron chi connectivity index (χ1n) is 5.55. The average Bonchev–Trinajstić information content (AvgIpc) is 2.15. The summed E-state index contributed by atoms with van der Waals surface area (Å²) in [6, 6.07) is 6.98. The maximum atomic E-state index is 3.54. The number of rotatable bonds is 4. The highest BCUT2D eigenvalue weighted by atomic mass is 79.9. The molecule has 1 aromatic rings. The Morgan fingerprint density at radius 3 is 2.47 bits per heavy atom. The molecule has 0 aromatic heterocycles. The lowest BCUT2D eigenvalue weighted by atomic mass is 9.93. The van der Waals surface area contributed by atoms with Crippen LogP contribution in [0, 0.1) is 12.8 Å². The minimum absolute atomic E-state index is 0.461. The summed E-state index contributed by atoms with van der Waals surface area (Å²) in [5.74, 6) is 0.616. The van der Waals surface area contributed by atoms with Crippen molar-refractivity contribution in [3.05, 3.63) is 33.8 Å². The molecule has 0 fully saturated rings. The standard InChI is InChI=1S/C13H20BrN/c1-5-15-13(9(2)3)12-7-6-11(14)8-10(12)4/h6-9,13,15H,5H2,1-4H3. The summed E-state index contributed by atoms with van der Waals surface area (Å²) < 4.78 is 1.16. The minimum atomic E-state index is 0.461. The first-order chi connectivity index (χ1) is 7.06. The zero-order chi connectivity index (χ0) is 11.4. The molecule has 1 rings (SSSR count). The molecule has 1 aromatic carbocycles. The van der Waals surface area contributed by atoms with E-state index in [9.17, 15) is 0 Å². The van der Waals surface area contributed by atoms with Gasteiger partial charge < -0.3 is 5.32 Å². The molecule has 0 amide bonds. The molecule has 0 aliphatic heterocycles. The zero-order valence-corrected chi connectivity index (χ0v) is 11.6. The van der Waals surface area contributed by atoms with Gasteiger partial charge in [-0.25, -0.2) is 0 Å². The summed E-state index contributed by atoms with van der Waals surface area (Å²) in [6.45, 7) is 9.86. The smallest absolute Gasteiger partial charge is 0.0345 e. The Labute approximate surface area is 101 Å². The molecule has 0 saturated heterocycles. The van der Waals surface area contributed by atoms with Gasteiger partial charge in [0.1, 0.15) is 0 Å². The van der Waals surface area contributed by atoms with Crippen LogP contribution >= 0.6 is 15.9 Å². The second-order valence-electron chi connectivity index (χ2n) is 4.28. The number of hydrogen-bond acceptors (Lipinski definition) is 1. The lowest BCUT2D eigenvalue weighted by molar-refractivity contribution is 0.420. The van der Waals surface area contributed by atoms with E-state index in [1.54, 1.807) is 0 Å². The first kappa shape index (κ1) is 12.7. The van der Waals surface area contributed by atoms with Crippen LogP contribution in [-0.4, -0.2) is 6.54 Å². The highest BCUT2D eigenvalue weighted by Crippen LogP contribution is 2.26. The highest BCUT2D eigenvalue weighted by Gasteiger charge is 2.16. The number of halogens is 1. The fraction of sp³-hybridized carbons (Fsp3) is 0.538. The third kappa shape index (κ3) is 3.32. The molecular formula is C13H20BrN. The monoisotopic (exact) mass is 269 g/mol. The van der Waals surface area contributed by atoms with Gasteiger partial charge in [0.25, 0.3) is 0 Å². The Morgan fingerprint density at radius 1 is 1.33 bits per heavy atom. The quantitative estimate of drug-likeness (QED) is 0.869. The summed E-state index contributed by atoms with van der Waals surface area (Å²) in [7, 11) is 0. The van der Waals surface area contributed by atoms with Crippen LogP contribution in [0.5, 0.6) is 0 Å². The van der Waals surface area contributed by atoms with E-state index in [-0.39, 0.29) is 0 Å². The van der Waals surface area contributed by atoms with E-state index in [4.69, 9.17) is 0 Å². The third-order valence-electron chi connectivity index (χ3n) is 2.66. The van der Waals surface area contributed by atoms with Crippen LogP contribution in [0.4, 0.5) is 0 Å². The molecule has 1 atom stereocenters. The van der Waals surface area contributed by atoms with Gasteiger partial charge in [0.2, 0.25) is 0 Å². The molecule has 15 heavy (non-hydrogen) atoms. The molecule has 0 radical (unpaired) electrons. The van der Waals surface area contributed by atoms with Crippen molar-refractivity contribution in [1.29, 1.82) is 0 Å². The van der Waals surface area contributed by atoms with Crippen LogP contribution in [-0.2, 0) is 0 Å². The second-order valence-corrected chi connectivity index (χ2v) is 5.20. The van der Waals surface area contributed by atoms with Gasteiger partial charge in [0.05, 0.1) is 0 Å². The fourth-order valence-electron chi connectivity index (χ4n) is 1.91. The molecular weight excluding hydrogens is 250 g/mol. The van der Waals surface area contributed by atoms with Gasteiger partial charge in [-0.05, 0) is 42.6 Å². The van der Waals surface area contributed by atoms with E-state index in [1.165, 1.54) is 11.1 Å². The van der Waals surface area contributed by atoms with Crippen molar-refractivity contribution in [3.8, 4) is 0 Å². The van der Waals surface area contributed by atoms with Crippen molar-refractivity contribution in [2.24, 2.45) is 5.92 Å². The molecule has 1 nitrogen and oxygen atoms in total. The van der Waals surface area contributed by atoms with Crippen molar-refractivity contribution in [1.82, 2.24) is 5.32 Å². The summed E-state index contributed by atoms with van der Waals surface area (Å²) in [5.41, 5.74) is 2.76. The van der Waals surface area contributed by atoms with Crippen molar-refractivity contribution < 1.29 is 0 Å². The Bertz CT molecular complexity index is 320. The maximum Gasteiger partial charge on any atom is 0.0345 e. The van der Waals surface area contributed by atoms with Crippen LogP contribution in [0.15, 0.2) is 22.7 Å². The van der Waals surface area contributed by atoms with E-state index in [1.807, 2.05) is 0 Å². The Kier molecular flexibility index (Phi) is 4.81. The number of benzene rings is 1. The Morgan fingerprint density at radius 2 is 2.00 bits per heavy atom. The Hall–Kier alpha value is -0.340. The highest BCUT2D eigenvalue weighted by molar-refractivity contribution is 9.10. The predicted octanol–water partition coefficient (Wildman–Crippen LogP) is 4.06. The average molecular weight is 270 g/mol. The SMILES string of the molecule is CCNC(c1ccc(Br)cc1C)C(C)C. The zero-order valence-electron chi connectivity index (χ0n) is 9.97. The van der Waals surface area contributed by atoms with Crippen LogP contribution < -0.4 is 5.32 Å². The molecule has 0 heterocycles. The fourth-order valence-corrected chi connectivity index (χ4v) is 2.39. The molecule has 1 N–H and O–H groups in total. The summed E-state index contributed by atoms with van der Waals surface area (Å²) in [5, 5.41) is 3.54. The van der Waals surface area contributed by atoms with Crippen molar-refractivity contribution in [3.63, 3.8) is 0 Å². The van der Waals surface area contributed by atoms with Gasteiger partial charge in [0, 0.05) is 10.5 Å². The summed E-state index contributed by atoms with van der Waals surface area (Å²) in [4.78, 5) is 0. The second kappa shape index (κ2) is 5.66. The van der Waals surface area contributed by atoms with Gasteiger partial charge in [-0.2, -0.15) is 0 Å². The normalized spacial score (nSPS) is 13.2.